The van der Waals surface area contributed by atoms with E-state index in [2.05, 4.69) is 10.6 Å². The van der Waals surface area contributed by atoms with Crippen molar-refractivity contribution in [3.8, 4) is 0 Å². The molecule has 0 fully saturated rings. The molecule has 6 nitrogen and oxygen atoms in total. The summed E-state index contributed by atoms with van der Waals surface area (Å²) in [5, 5.41) is 7.32. The summed E-state index contributed by atoms with van der Waals surface area (Å²) in [6.07, 6.45) is 0.0761. The van der Waals surface area contributed by atoms with Crippen LogP contribution in [0.25, 0.3) is 0 Å². The molecule has 3 amide bonds. The van der Waals surface area contributed by atoms with Crippen molar-refractivity contribution in [1.29, 1.82) is 0 Å². The summed E-state index contributed by atoms with van der Waals surface area (Å²) in [5.74, 6) is -0.538. The standard InChI is InChI=1S/C18H23FN4O2S/c1-23(2)15(12-5-3-6-13(19)9-12)11-21-17(24)10-14(22-18(20)25)16-7-4-8-26-16/h3-9,14-15H,10-11H2,1-2H3,(H,21,24)(H3,20,22,25). The van der Waals surface area contributed by atoms with Crippen molar-refractivity contribution in [3.05, 3.63) is 58.0 Å². The Labute approximate surface area is 156 Å². The number of likely N-dealkylation sites (N-methyl/N-ethyl adjacent to an activating group) is 1. The second kappa shape index (κ2) is 9.30. The second-order valence-corrected chi connectivity index (χ2v) is 7.10. The zero-order valence-corrected chi connectivity index (χ0v) is 15.6. The molecule has 1 aromatic heterocycles. The molecule has 0 bridgehead atoms. The number of rotatable bonds is 8. The number of nitrogens with one attached hydrogen (secondary N) is 2. The van der Waals surface area contributed by atoms with Gasteiger partial charge in [0.25, 0.3) is 0 Å². The van der Waals surface area contributed by atoms with Gasteiger partial charge in [-0.2, -0.15) is 0 Å². The van der Waals surface area contributed by atoms with Crippen LogP contribution in [0, 0.1) is 5.82 Å². The summed E-state index contributed by atoms with van der Waals surface area (Å²) in [4.78, 5) is 26.3. The van der Waals surface area contributed by atoms with Gasteiger partial charge in [-0.25, -0.2) is 9.18 Å². The molecule has 1 heterocycles. The Kier molecular flexibility index (Phi) is 7.11. The molecule has 2 atom stereocenters. The number of halogens is 1. The smallest absolute Gasteiger partial charge is 0.312 e. The molecule has 4 N–H and O–H groups in total. The lowest BCUT2D eigenvalue weighted by molar-refractivity contribution is -0.121. The lowest BCUT2D eigenvalue weighted by Gasteiger charge is -2.25. The van der Waals surface area contributed by atoms with E-state index >= 15 is 0 Å². The average Bonchev–Trinajstić information content (AvgIpc) is 3.08. The van der Waals surface area contributed by atoms with Gasteiger partial charge in [0.15, 0.2) is 0 Å². The molecule has 26 heavy (non-hydrogen) atoms. The van der Waals surface area contributed by atoms with E-state index in [1.807, 2.05) is 42.6 Å². The van der Waals surface area contributed by atoms with Gasteiger partial charge in [0.2, 0.25) is 5.91 Å². The fraction of sp³-hybridized carbons (Fsp3) is 0.333. The minimum Gasteiger partial charge on any atom is -0.354 e. The maximum atomic E-state index is 13.5. The summed E-state index contributed by atoms with van der Waals surface area (Å²) in [6, 6.07) is 8.68. The highest BCUT2D eigenvalue weighted by Crippen LogP contribution is 2.22. The third-order valence-electron chi connectivity index (χ3n) is 3.94. The normalized spacial score (nSPS) is 13.2. The van der Waals surface area contributed by atoms with Crippen molar-refractivity contribution in [2.75, 3.05) is 20.6 Å². The maximum Gasteiger partial charge on any atom is 0.312 e. The average molecular weight is 378 g/mol. The molecule has 0 radical (unpaired) electrons. The van der Waals surface area contributed by atoms with Crippen molar-refractivity contribution < 1.29 is 14.0 Å². The molecule has 0 saturated carbocycles. The van der Waals surface area contributed by atoms with Crippen molar-refractivity contribution in [3.63, 3.8) is 0 Å². The zero-order valence-electron chi connectivity index (χ0n) is 14.7. The van der Waals surface area contributed by atoms with Gasteiger partial charge in [-0.3, -0.25) is 4.79 Å². The monoisotopic (exact) mass is 378 g/mol. The summed E-state index contributed by atoms with van der Waals surface area (Å²) in [7, 11) is 3.73. The fourth-order valence-corrected chi connectivity index (χ4v) is 3.44. The van der Waals surface area contributed by atoms with Crippen LogP contribution >= 0.6 is 11.3 Å². The van der Waals surface area contributed by atoms with E-state index < -0.39 is 12.1 Å². The van der Waals surface area contributed by atoms with Crippen LogP contribution in [0.1, 0.15) is 28.9 Å². The topological polar surface area (TPSA) is 87.5 Å². The lowest BCUT2D eigenvalue weighted by atomic mass is 10.1. The molecule has 0 aliphatic carbocycles. The second-order valence-electron chi connectivity index (χ2n) is 6.12. The number of nitrogens with two attached hydrogens (primary N) is 1. The van der Waals surface area contributed by atoms with Gasteiger partial charge in [-0.05, 0) is 43.2 Å². The number of urea groups is 1. The first-order valence-electron chi connectivity index (χ1n) is 8.14. The molecule has 1 aromatic carbocycles. The van der Waals surface area contributed by atoms with E-state index in [1.165, 1.54) is 23.5 Å². The first-order chi connectivity index (χ1) is 12.4. The molecule has 8 heteroatoms. The van der Waals surface area contributed by atoms with Crippen molar-refractivity contribution in [2.24, 2.45) is 5.73 Å². The van der Waals surface area contributed by atoms with Crippen LogP contribution in [0.5, 0.6) is 0 Å². The van der Waals surface area contributed by atoms with Gasteiger partial charge >= 0.3 is 6.03 Å². The molecule has 0 saturated heterocycles. The molecular weight excluding hydrogens is 355 g/mol. The number of carbonyl (C=O) groups excluding carboxylic acids is 2. The lowest BCUT2D eigenvalue weighted by Crippen LogP contribution is -2.38. The van der Waals surface area contributed by atoms with Gasteiger partial charge in [0.1, 0.15) is 5.82 Å². The van der Waals surface area contributed by atoms with Gasteiger partial charge in [0.05, 0.1) is 18.5 Å². The Balaban J connectivity index is 1.99. The molecule has 140 valence electrons. The number of nitrogens with zero attached hydrogens (tertiary/aromatic N) is 1. The third-order valence-corrected chi connectivity index (χ3v) is 4.93. The number of carbonyl (C=O) groups is 2. The van der Waals surface area contributed by atoms with Gasteiger partial charge < -0.3 is 21.3 Å². The number of primary amides is 1. The number of benzene rings is 1. The first-order valence-corrected chi connectivity index (χ1v) is 9.02. The van der Waals surface area contributed by atoms with Crippen LogP contribution < -0.4 is 16.4 Å². The van der Waals surface area contributed by atoms with E-state index in [1.54, 1.807) is 6.07 Å². The Morgan fingerprint density at radius 1 is 1.27 bits per heavy atom. The highest BCUT2D eigenvalue weighted by atomic mass is 32.1. The fourth-order valence-electron chi connectivity index (χ4n) is 2.66. The predicted molar refractivity (Wildman–Crippen MR) is 100 cm³/mol. The molecule has 0 spiro atoms. The Morgan fingerprint density at radius 2 is 2.04 bits per heavy atom. The number of thiophene rings is 1. The Bertz CT molecular complexity index is 737. The highest BCUT2D eigenvalue weighted by molar-refractivity contribution is 7.10. The van der Waals surface area contributed by atoms with E-state index in [0.717, 1.165) is 10.4 Å². The minimum atomic E-state index is -0.679. The molecule has 2 rings (SSSR count). The highest BCUT2D eigenvalue weighted by Gasteiger charge is 2.20. The molecule has 0 aliphatic heterocycles. The van der Waals surface area contributed by atoms with E-state index in [0.29, 0.717) is 6.54 Å². The quantitative estimate of drug-likeness (QED) is 0.659. The Hall–Kier alpha value is -2.45. The number of amides is 3. The van der Waals surface area contributed by atoms with E-state index in [9.17, 15) is 14.0 Å². The maximum absolute atomic E-state index is 13.5. The molecule has 2 unspecified atom stereocenters. The number of hydrogen-bond donors (Lipinski definition) is 3. The van der Waals surface area contributed by atoms with Gasteiger partial charge in [-0.1, -0.05) is 18.2 Å². The van der Waals surface area contributed by atoms with Crippen LogP contribution in [0.3, 0.4) is 0 Å². The van der Waals surface area contributed by atoms with Gasteiger partial charge in [0, 0.05) is 11.4 Å². The van der Waals surface area contributed by atoms with E-state index in [4.69, 9.17) is 5.73 Å². The van der Waals surface area contributed by atoms with E-state index in [-0.39, 0.29) is 24.2 Å². The van der Waals surface area contributed by atoms with Crippen molar-refractivity contribution >= 4 is 23.3 Å². The molecule has 0 aliphatic rings. The van der Waals surface area contributed by atoms with Gasteiger partial charge in [-0.15, -0.1) is 11.3 Å². The van der Waals surface area contributed by atoms with Crippen LogP contribution in [-0.2, 0) is 4.79 Å². The zero-order chi connectivity index (χ0) is 19.1. The largest absolute Gasteiger partial charge is 0.354 e. The van der Waals surface area contributed by atoms with Crippen LogP contribution in [0.15, 0.2) is 41.8 Å². The summed E-state index contributed by atoms with van der Waals surface area (Å²) >= 11 is 1.44. The summed E-state index contributed by atoms with van der Waals surface area (Å²) in [6.45, 7) is 0.322. The van der Waals surface area contributed by atoms with Crippen molar-refractivity contribution in [1.82, 2.24) is 15.5 Å². The minimum absolute atomic E-state index is 0.0761. The van der Waals surface area contributed by atoms with Crippen molar-refractivity contribution in [2.45, 2.75) is 18.5 Å². The third kappa shape index (κ3) is 5.82. The van der Waals surface area contributed by atoms with Crippen LogP contribution in [-0.4, -0.2) is 37.5 Å². The summed E-state index contributed by atoms with van der Waals surface area (Å²) < 4.78 is 13.5. The molecular formula is C18H23FN4O2S. The molecule has 2 aromatic rings. The Morgan fingerprint density at radius 3 is 2.62 bits per heavy atom. The van der Waals surface area contributed by atoms with Crippen LogP contribution in [0.2, 0.25) is 0 Å². The summed E-state index contributed by atoms with van der Waals surface area (Å²) in [5.41, 5.74) is 5.99. The first kappa shape index (κ1) is 19.9. The number of hydrogen-bond acceptors (Lipinski definition) is 4. The predicted octanol–water partition coefficient (Wildman–Crippen LogP) is 2.41. The van der Waals surface area contributed by atoms with Crippen LogP contribution in [0.4, 0.5) is 9.18 Å². The SMILES string of the molecule is CN(C)C(CNC(=O)CC(NC(N)=O)c1cccs1)c1cccc(F)c1.